The van der Waals surface area contributed by atoms with Gasteiger partial charge in [0.1, 0.15) is 0 Å². The summed E-state index contributed by atoms with van der Waals surface area (Å²) >= 11 is 0. The fourth-order valence-corrected chi connectivity index (χ4v) is 2.20. The molecule has 0 saturated heterocycles. The molecule has 3 atom stereocenters. The standard InChI is InChI=1S/C10H14/c1-3-8-4-5-9-7(2)10(9)6-8/h3,8-10H,1-2,4-6H2. The molecule has 2 saturated carbocycles. The van der Waals surface area contributed by atoms with Gasteiger partial charge in [-0.15, -0.1) is 6.58 Å². The molecule has 0 aromatic rings. The average molecular weight is 134 g/mol. The molecule has 0 heteroatoms. The van der Waals surface area contributed by atoms with Gasteiger partial charge in [0.05, 0.1) is 0 Å². The maximum Gasteiger partial charge on any atom is -0.0132 e. The molecule has 0 spiro atoms. The summed E-state index contributed by atoms with van der Waals surface area (Å²) in [7, 11) is 0. The Morgan fingerprint density at radius 1 is 1.30 bits per heavy atom. The predicted octanol–water partition coefficient (Wildman–Crippen LogP) is 2.77. The van der Waals surface area contributed by atoms with Gasteiger partial charge in [-0.3, -0.25) is 0 Å². The molecular weight excluding hydrogens is 120 g/mol. The third-order valence-corrected chi connectivity index (χ3v) is 3.07. The summed E-state index contributed by atoms with van der Waals surface area (Å²) in [6, 6.07) is 0. The first-order chi connectivity index (χ1) is 4.83. The van der Waals surface area contributed by atoms with E-state index >= 15 is 0 Å². The fourth-order valence-electron chi connectivity index (χ4n) is 2.20. The van der Waals surface area contributed by atoms with Crippen LogP contribution in [-0.4, -0.2) is 0 Å². The van der Waals surface area contributed by atoms with Crippen LogP contribution in [0.15, 0.2) is 24.8 Å². The molecule has 0 heterocycles. The lowest BCUT2D eigenvalue weighted by Crippen LogP contribution is -2.04. The summed E-state index contributed by atoms with van der Waals surface area (Å²) in [6.45, 7) is 7.88. The van der Waals surface area contributed by atoms with E-state index < -0.39 is 0 Å². The normalized spacial score (nSPS) is 44.4. The van der Waals surface area contributed by atoms with Gasteiger partial charge in [0.2, 0.25) is 0 Å². The van der Waals surface area contributed by atoms with E-state index in [4.69, 9.17) is 0 Å². The highest BCUT2D eigenvalue weighted by Crippen LogP contribution is 2.55. The molecule has 0 radical (unpaired) electrons. The molecular formula is C10H14. The van der Waals surface area contributed by atoms with E-state index in [0.29, 0.717) is 0 Å². The summed E-state index contributed by atoms with van der Waals surface area (Å²) < 4.78 is 0. The average Bonchev–Trinajstić information content (AvgIpc) is 2.62. The van der Waals surface area contributed by atoms with Crippen LogP contribution in [0, 0.1) is 17.8 Å². The molecule has 10 heavy (non-hydrogen) atoms. The number of rotatable bonds is 1. The van der Waals surface area contributed by atoms with E-state index in [1.54, 1.807) is 0 Å². The molecule has 0 bridgehead atoms. The summed E-state index contributed by atoms with van der Waals surface area (Å²) in [6.07, 6.45) is 6.18. The Labute approximate surface area is 62.6 Å². The first kappa shape index (κ1) is 6.21. The van der Waals surface area contributed by atoms with Crippen molar-refractivity contribution in [3.8, 4) is 0 Å². The van der Waals surface area contributed by atoms with Crippen molar-refractivity contribution in [1.29, 1.82) is 0 Å². The Balaban J connectivity index is 2.01. The first-order valence-electron chi connectivity index (χ1n) is 4.14. The summed E-state index contributed by atoms with van der Waals surface area (Å²) in [5, 5.41) is 0. The van der Waals surface area contributed by atoms with Gasteiger partial charge in [0.25, 0.3) is 0 Å². The van der Waals surface area contributed by atoms with Gasteiger partial charge >= 0.3 is 0 Å². The van der Waals surface area contributed by atoms with Crippen LogP contribution in [0.4, 0.5) is 0 Å². The van der Waals surface area contributed by atoms with Crippen molar-refractivity contribution in [2.75, 3.05) is 0 Å². The molecule has 0 amide bonds. The Kier molecular flexibility index (Phi) is 1.23. The molecule has 0 aliphatic heterocycles. The van der Waals surface area contributed by atoms with Crippen molar-refractivity contribution in [2.45, 2.75) is 19.3 Å². The van der Waals surface area contributed by atoms with Crippen molar-refractivity contribution in [3.63, 3.8) is 0 Å². The maximum absolute atomic E-state index is 4.05. The molecule has 0 aromatic carbocycles. The van der Waals surface area contributed by atoms with Crippen molar-refractivity contribution in [2.24, 2.45) is 17.8 Å². The van der Waals surface area contributed by atoms with Crippen molar-refractivity contribution < 1.29 is 0 Å². The number of allylic oxidation sites excluding steroid dienone is 2. The summed E-state index contributed by atoms with van der Waals surface area (Å²) in [4.78, 5) is 0. The number of hydrogen-bond acceptors (Lipinski definition) is 0. The smallest absolute Gasteiger partial charge is 0.0132 e. The van der Waals surface area contributed by atoms with Crippen LogP contribution in [0.1, 0.15) is 19.3 Å². The molecule has 2 fully saturated rings. The van der Waals surface area contributed by atoms with E-state index in [-0.39, 0.29) is 0 Å². The van der Waals surface area contributed by atoms with Crippen LogP contribution < -0.4 is 0 Å². The van der Waals surface area contributed by atoms with E-state index in [1.807, 2.05) is 0 Å². The topological polar surface area (TPSA) is 0 Å². The zero-order valence-electron chi connectivity index (χ0n) is 6.34. The number of hydrogen-bond donors (Lipinski definition) is 0. The molecule has 0 aromatic heterocycles. The largest absolute Gasteiger partial charge is 0.103 e. The van der Waals surface area contributed by atoms with Crippen LogP contribution in [0.25, 0.3) is 0 Å². The lowest BCUT2D eigenvalue weighted by atomic mass is 9.90. The van der Waals surface area contributed by atoms with Gasteiger partial charge in [-0.25, -0.2) is 0 Å². The quantitative estimate of drug-likeness (QED) is 0.484. The van der Waals surface area contributed by atoms with E-state index in [2.05, 4.69) is 19.2 Å². The van der Waals surface area contributed by atoms with Gasteiger partial charge in [-0.05, 0) is 37.0 Å². The molecule has 54 valence electrons. The van der Waals surface area contributed by atoms with Gasteiger partial charge in [0.15, 0.2) is 0 Å². The van der Waals surface area contributed by atoms with Crippen molar-refractivity contribution in [3.05, 3.63) is 24.8 Å². The van der Waals surface area contributed by atoms with E-state index in [1.165, 1.54) is 24.8 Å². The Hall–Kier alpha value is -0.520. The summed E-state index contributed by atoms with van der Waals surface area (Å²) in [5.41, 5.74) is 1.52. The second-order valence-electron chi connectivity index (χ2n) is 3.60. The minimum Gasteiger partial charge on any atom is -0.103 e. The van der Waals surface area contributed by atoms with Crippen LogP contribution in [0.2, 0.25) is 0 Å². The predicted molar refractivity (Wildman–Crippen MR) is 43.7 cm³/mol. The van der Waals surface area contributed by atoms with E-state index in [9.17, 15) is 0 Å². The third-order valence-electron chi connectivity index (χ3n) is 3.07. The highest BCUT2D eigenvalue weighted by Gasteiger charge is 2.45. The van der Waals surface area contributed by atoms with Crippen LogP contribution in [-0.2, 0) is 0 Å². The Morgan fingerprint density at radius 2 is 2.10 bits per heavy atom. The fraction of sp³-hybridized carbons (Fsp3) is 0.600. The van der Waals surface area contributed by atoms with E-state index in [0.717, 1.165) is 17.8 Å². The zero-order chi connectivity index (χ0) is 7.14. The monoisotopic (exact) mass is 134 g/mol. The number of fused-ring (bicyclic) bond motifs is 1. The van der Waals surface area contributed by atoms with Crippen LogP contribution in [0.5, 0.6) is 0 Å². The molecule has 2 aliphatic rings. The van der Waals surface area contributed by atoms with Crippen LogP contribution in [0.3, 0.4) is 0 Å². The third kappa shape index (κ3) is 0.749. The molecule has 3 unspecified atom stereocenters. The summed E-state index contributed by atoms with van der Waals surface area (Å²) in [5.74, 6) is 2.59. The highest BCUT2D eigenvalue weighted by molar-refractivity contribution is 5.28. The second kappa shape index (κ2) is 1.98. The lowest BCUT2D eigenvalue weighted by molar-refractivity contribution is 0.401. The van der Waals surface area contributed by atoms with Crippen LogP contribution >= 0.6 is 0 Å². The Morgan fingerprint density at radius 3 is 2.70 bits per heavy atom. The molecule has 0 nitrogen and oxygen atoms in total. The minimum atomic E-state index is 0.792. The lowest BCUT2D eigenvalue weighted by Gasteiger charge is -2.15. The minimum absolute atomic E-state index is 0.792. The highest BCUT2D eigenvalue weighted by atomic mass is 14.5. The molecule has 0 N–H and O–H groups in total. The molecule has 2 aliphatic carbocycles. The Bertz CT molecular complexity index is 178. The second-order valence-corrected chi connectivity index (χ2v) is 3.60. The van der Waals surface area contributed by atoms with Gasteiger partial charge in [-0.2, -0.15) is 0 Å². The maximum atomic E-state index is 4.05. The van der Waals surface area contributed by atoms with Gasteiger partial charge in [-0.1, -0.05) is 18.2 Å². The SMILES string of the molecule is C=CC1CCC2C(=C)C2C1. The first-order valence-corrected chi connectivity index (χ1v) is 4.14. The van der Waals surface area contributed by atoms with Crippen molar-refractivity contribution >= 4 is 0 Å². The molecule has 2 rings (SSSR count). The van der Waals surface area contributed by atoms with Crippen molar-refractivity contribution in [1.82, 2.24) is 0 Å². The zero-order valence-corrected chi connectivity index (χ0v) is 6.34. The van der Waals surface area contributed by atoms with Gasteiger partial charge < -0.3 is 0 Å². The van der Waals surface area contributed by atoms with Gasteiger partial charge in [0, 0.05) is 0 Å².